The first kappa shape index (κ1) is 16.9. The highest BCUT2D eigenvalue weighted by atomic mass is 19.2. The topological polar surface area (TPSA) is 67.4 Å². The van der Waals surface area contributed by atoms with Gasteiger partial charge in [-0.1, -0.05) is 0 Å². The number of amides is 2. The number of benzene rings is 1. The lowest BCUT2D eigenvalue weighted by Gasteiger charge is -2.21. The zero-order valence-corrected chi connectivity index (χ0v) is 12.3. The van der Waals surface area contributed by atoms with Crippen molar-refractivity contribution < 1.29 is 23.1 Å². The van der Waals surface area contributed by atoms with E-state index in [1.54, 1.807) is 20.8 Å². The van der Waals surface area contributed by atoms with Crippen molar-refractivity contribution in [2.24, 2.45) is 0 Å². The number of nitrogens with one attached hydrogen (secondary N) is 2. The Morgan fingerprint density at radius 2 is 1.81 bits per heavy atom. The SMILES string of the molecule is CC(NC(=O)OC(C)(C)C)C(=O)Nc1ccc(F)c(F)c1. The van der Waals surface area contributed by atoms with Gasteiger partial charge in [0, 0.05) is 11.8 Å². The molecule has 0 saturated carbocycles. The zero-order chi connectivity index (χ0) is 16.2. The minimum atomic E-state index is -1.07. The Bertz CT molecular complexity index is 542. The van der Waals surface area contributed by atoms with Gasteiger partial charge in [-0.25, -0.2) is 13.6 Å². The van der Waals surface area contributed by atoms with Crippen molar-refractivity contribution in [2.45, 2.75) is 39.3 Å². The molecule has 0 aliphatic carbocycles. The molecule has 0 aliphatic heterocycles. The highest BCUT2D eigenvalue weighted by Gasteiger charge is 2.21. The lowest BCUT2D eigenvalue weighted by molar-refractivity contribution is -0.117. The third-order valence-corrected chi connectivity index (χ3v) is 2.31. The van der Waals surface area contributed by atoms with Crippen LogP contribution >= 0.6 is 0 Å². The lowest BCUT2D eigenvalue weighted by Crippen LogP contribution is -2.43. The molecule has 0 saturated heterocycles. The van der Waals surface area contributed by atoms with E-state index < -0.39 is 35.3 Å². The first-order valence-corrected chi connectivity index (χ1v) is 6.34. The summed E-state index contributed by atoms with van der Waals surface area (Å²) in [6, 6.07) is 2.08. The maximum absolute atomic E-state index is 13.0. The number of hydrogen-bond donors (Lipinski definition) is 2. The summed E-state index contributed by atoms with van der Waals surface area (Å²) in [4.78, 5) is 23.3. The molecular weight excluding hydrogens is 282 g/mol. The Kier molecular flexibility index (Phi) is 5.23. The zero-order valence-electron chi connectivity index (χ0n) is 12.3. The minimum Gasteiger partial charge on any atom is -0.444 e. The molecule has 1 unspecified atom stereocenters. The first-order valence-electron chi connectivity index (χ1n) is 6.34. The molecule has 0 aliphatic rings. The van der Waals surface area contributed by atoms with Crippen LogP contribution in [0.25, 0.3) is 0 Å². The van der Waals surface area contributed by atoms with E-state index in [1.165, 1.54) is 13.0 Å². The van der Waals surface area contributed by atoms with Crippen LogP contribution in [-0.2, 0) is 9.53 Å². The van der Waals surface area contributed by atoms with Gasteiger partial charge in [-0.05, 0) is 39.8 Å². The quantitative estimate of drug-likeness (QED) is 0.902. The molecule has 1 aromatic carbocycles. The maximum Gasteiger partial charge on any atom is 0.408 e. The number of carbonyl (C=O) groups excluding carboxylic acids is 2. The van der Waals surface area contributed by atoms with Gasteiger partial charge in [0.15, 0.2) is 11.6 Å². The molecule has 0 radical (unpaired) electrons. The van der Waals surface area contributed by atoms with Gasteiger partial charge in [0.1, 0.15) is 11.6 Å². The Balaban J connectivity index is 2.58. The predicted molar refractivity (Wildman–Crippen MR) is 73.8 cm³/mol. The van der Waals surface area contributed by atoms with Crippen LogP contribution < -0.4 is 10.6 Å². The van der Waals surface area contributed by atoms with Crippen LogP contribution in [0.15, 0.2) is 18.2 Å². The molecule has 1 rings (SSSR count). The molecule has 21 heavy (non-hydrogen) atoms. The summed E-state index contributed by atoms with van der Waals surface area (Å²) in [6.07, 6.45) is -0.740. The second-order valence-electron chi connectivity index (χ2n) is 5.49. The van der Waals surface area contributed by atoms with Crippen LogP contribution in [0.1, 0.15) is 27.7 Å². The standard InChI is InChI=1S/C14H18F2N2O3/c1-8(17-13(20)21-14(2,3)4)12(19)18-9-5-6-10(15)11(16)7-9/h5-8H,1-4H3,(H,17,20)(H,18,19). The Morgan fingerprint density at radius 1 is 1.19 bits per heavy atom. The summed E-state index contributed by atoms with van der Waals surface area (Å²) in [5.74, 6) is -2.65. The fourth-order valence-corrected chi connectivity index (χ4v) is 1.37. The van der Waals surface area contributed by atoms with Crippen molar-refractivity contribution in [2.75, 3.05) is 5.32 Å². The molecule has 1 aromatic rings. The van der Waals surface area contributed by atoms with Gasteiger partial charge in [0.25, 0.3) is 0 Å². The molecule has 1 atom stereocenters. The largest absolute Gasteiger partial charge is 0.444 e. The van der Waals surface area contributed by atoms with Gasteiger partial charge in [0.2, 0.25) is 5.91 Å². The van der Waals surface area contributed by atoms with Gasteiger partial charge in [0.05, 0.1) is 0 Å². The third-order valence-electron chi connectivity index (χ3n) is 2.31. The number of alkyl carbamates (subject to hydrolysis) is 1. The first-order chi connectivity index (χ1) is 9.58. The maximum atomic E-state index is 13.0. The molecule has 116 valence electrons. The van der Waals surface area contributed by atoms with Crippen LogP contribution in [0.2, 0.25) is 0 Å². The van der Waals surface area contributed by atoms with E-state index in [1.807, 2.05) is 0 Å². The van der Waals surface area contributed by atoms with E-state index in [-0.39, 0.29) is 5.69 Å². The molecule has 0 bridgehead atoms. The van der Waals surface area contributed by atoms with Crippen molar-refractivity contribution in [3.63, 3.8) is 0 Å². The minimum absolute atomic E-state index is 0.0942. The fourth-order valence-electron chi connectivity index (χ4n) is 1.37. The summed E-state index contributed by atoms with van der Waals surface area (Å²) in [6.45, 7) is 6.52. The van der Waals surface area contributed by atoms with E-state index in [4.69, 9.17) is 4.74 Å². The van der Waals surface area contributed by atoms with Gasteiger partial charge in [-0.2, -0.15) is 0 Å². The van der Waals surface area contributed by atoms with Gasteiger partial charge < -0.3 is 15.4 Å². The second-order valence-corrected chi connectivity index (χ2v) is 5.49. The molecule has 0 heterocycles. The predicted octanol–water partition coefficient (Wildman–Crippen LogP) is 2.82. The van der Waals surface area contributed by atoms with Crippen LogP contribution in [0.3, 0.4) is 0 Å². The molecule has 5 nitrogen and oxygen atoms in total. The number of halogens is 2. The van der Waals surface area contributed by atoms with Gasteiger partial charge >= 0.3 is 6.09 Å². The number of carbonyl (C=O) groups is 2. The number of rotatable bonds is 3. The van der Waals surface area contributed by atoms with Crippen molar-refractivity contribution in [1.29, 1.82) is 0 Å². The van der Waals surface area contributed by atoms with Crippen LogP contribution in [0, 0.1) is 11.6 Å². The number of ether oxygens (including phenoxy) is 1. The van der Waals surface area contributed by atoms with Crippen molar-refractivity contribution in [3.05, 3.63) is 29.8 Å². The van der Waals surface area contributed by atoms with Crippen molar-refractivity contribution in [3.8, 4) is 0 Å². The van der Waals surface area contributed by atoms with Gasteiger partial charge in [-0.15, -0.1) is 0 Å². The van der Waals surface area contributed by atoms with E-state index in [0.717, 1.165) is 12.1 Å². The number of anilines is 1. The highest BCUT2D eigenvalue weighted by Crippen LogP contribution is 2.13. The van der Waals surface area contributed by atoms with E-state index >= 15 is 0 Å². The molecule has 2 N–H and O–H groups in total. The summed E-state index contributed by atoms with van der Waals surface area (Å²) in [5.41, 5.74) is -0.586. The average Bonchev–Trinajstić information content (AvgIpc) is 2.31. The molecular formula is C14H18F2N2O3. The average molecular weight is 300 g/mol. The monoisotopic (exact) mass is 300 g/mol. The fraction of sp³-hybridized carbons (Fsp3) is 0.429. The molecule has 2 amide bonds. The van der Waals surface area contributed by atoms with Crippen LogP contribution in [0.5, 0.6) is 0 Å². The van der Waals surface area contributed by atoms with Crippen LogP contribution in [0.4, 0.5) is 19.3 Å². The molecule has 7 heteroatoms. The van der Waals surface area contributed by atoms with Crippen molar-refractivity contribution >= 4 is 17.7 Å². The van der Waals surface area contributed by atoms with E-state index in [2.05, 4.69) is 10.6 Å². The summed E-state index contributed by atoms with van der Waals surface area (Å²) < 4.78 is 30.8. The van der Waals surface area contributed by atoms with E-state index in [0.29, 0.717) is 0 Å². The van der Waals surface area contributed by atoms with Gasteiger partial charge in [-0.3, -0.25) is 4.79 Å². The Labute approximate surface area is 121 Å². The second kappa shape index (κ2) is 6.51. The summed E-state index contributed by atoms with van der Waals surface area (Å²) >= 11 is 0. The highest BCUT2D eigenvalue weighted by molar-refractivity contribution is 5.96. The summed E-state index contributed by atoms with van der Waals surface area (Å²) in [7, 11) is 0. The Hall–Kier alpha value is -2.18. The summed E-state index contributed by atoms with van der Waals surface area (Å²) in [5, 5.41) is 4.70. The van der Waals surface area contributed by atoms with Crippen molar-refractivity contribution in [1.82, 2.24) is 5.32 Å². The molecule has 0 spiro atoms. The van der Waals surface area contributed by atoms with Crippen LogP contribution in [-0.4, -0.2) is 23.6 Å². The van der Waals surface area contributed by atoms with E-state index in [9.17, 15) is 18.4 Å². The smallest absolute Gasteiger partial charge is 0.408 e. The normalized spacial score (nSPS) is 12.5. The lowest BCUT2D eigenvalue weighted by atomic mass is 10.2. The Morgan fingerprint density at radius 3 is 2.33 bits per heavy atom. The molecule has 0 fully saturated rings. The molecule has 0 aromatic heterocycles. The number of hydrogen-bond acceptors (Lipinski definition) is 3. The third kappa shape index (κ3) is 5.76.